The SMILES string of the molecule is CCC[C@@H]1O[C@]12CCc1ccccc1C2=O. The fraction of sp³-hybridized carbons (Fsp3) is 0.500. The number of ether oxygens (including phenoxy) is 1. The van der Waals surface area contributed by atoms with Gasteiger partial charge in [-0.15, -0.1) is 0 Å². The third-order valence-electron chi connectivity index (χ3n) is 3.78. The molecule has 0 amide bonds. The Kier molecular flexibility index (Phi) is 2.15. The number of carbonyl (C=O) groups is 1. The molecule has 2 aliphatic rings. The van der Waals surface area contributed by atoms with E-state index >= 15 is 0 Å². The summed E-state index contributed by atoms with van der Waals surface area (Å²) in [6.07, 6.45) is 4.11. The van der Waals surface area contributed by atoms with Crippen molar-refractivity contribution in [3.8, 4) is 0 Å². The molecule has 1 aliphatic heterocycles. The lowest BCUT2D eigenvalue weighted by molar-refractivity contribution is 0.0850. The molecule has 0 N–H and O–H groups in total. The highest BCUT2D eigenvalue weighted by Gasteiger charge is 2.62. The molecule has 1 saturated heterocycles. The second-order valence-electron chi connectivity index (χ2n) is 4.77. The van der Waals surface area contributed by atoms with Gasteiger partial charge in [0.1, 0.15) is 0 Å². The van der Waals surface area contributed by atoms with Crippen molar-refractivity contribution < 1.29 is 9.53 Å². The summed E-state index contributed by atoms with van der Waals surface area (Å²) in [6, 6.07) is 7.93. The Labute approximate surface area is 95.6 Å². The molecule has 16 heavy (non-hydrogen) atoms. The summed E-state index contributed by atoms with van der Waals surface area (Å²) in [7, 11) is 0. The van der Waals surface area contributed by atoms with Crippen LogP contribution in [-0.2, 0) is 11.2 Å². The average molecular weight is 216 g/mol. The predicted octanol–water partition coefficient (Wildman–Crippen LogP) is 2.75. The molecule has 2 atom stereocenters. The van der Waals surface area contributed by atoms with Crippen LogP contribution in [0.25, 0.3) is 0 Å². The lowest BCUT2D eigenvalue weighted by Gasteiger charge is -2.20. The standard InChI is InChI=1S/C14H16O2/c1-2-5-12-14(16-12)9-8-10-6-3-4-7-11(10)13(14)15/h3-4,6-7,12H,2,5,8-9H2,1H3/t12-,14+/m0/s1. The number of hydrogen-bond donors (Lipinski definition) is 0. The first-order valence-corrected chi connectivity index (χ1v) is 6.08. The van der Waals surface area contributed by atoms with Crippen LogP contribution >= 0.6 is 0 Å². The van der Waals surface area contributed by atoms with E-state index in [0.717, 1.165) is 31.2 Å². The van der Waals surface area contributed by atoms with Crippen molar-refractivity contribution >= 4 is 5.78 Å². The van der Waals surface area contributed by atoms with Crippen LogP contribution < -0.4 is 0 Å². The second kappa shape index (κ2) is 3.42. The Morgan fingerprint density at radius 2 is 2.25 bits per heavy atom. The number of hydrogen-bond acceptors (Lipinski definition) is 2. The molecule has 1 spiro atoms. The average Bonchev–Trinajstić information content (AvgIpc) is 3.00. The maximum atomic E-state index is 12.4. The van der Waals surface area contributed by atoms with Gasteiger partial charge in [0.25, 0.3) is 0 Å². The summed E-state index contributed by atoms with van der Waals surface area (Å²) in [6.45, 7) is 2.14. The molecule has 0 aromatic heterocycles. The maximum Gasteiger partial charge on any atom is 0.197 e. The van der Waals surface area contributed by atoms with Crippen molar-refractivity contribution in [3.63, 3.8) is 0 Å². The number of rotatable bonds is 2. The quantitative estimate of drug-likeness (QED) is 0.711. The van der Waals surface area contributed by atoms with E-state index in [9.17, 15) is 4.79 Å². The minimum atomic E-state index is -0.440. The highest BCUT2D eigenvalue weighted by atomic mass is 16.6. The number of Topliss-reactive ketones (excluding diaryl/α,β-unsaturated/α-hetero) is 1. The summed E-state index contributed by atoms with van der Waals surface area (Å²) < 4.78 is 5.71. The van der Waals surface area contributed by atoms with Gasteiger partial charge in [-0.2, -0.15) is 0 Å². The summed E-state index contributed by atoms with van der Waals surface area (Å²) >= 11 is 0. The first-order valence-electron chi connectivity index (χ1n) is 6.08. The van der Waals surface area contributed by atoms with Crippen LogP contribution in [0.3, 0.4) is 0 Å². The summed E-state index contributed by atoms with van der Waals surface area (Å²) in [4.78, 5) is 12.4. The number of carbonyl (C=O) groups excluding carboxylic acids is 1. The minimum absolute atomic E-state index is 0.179. The fourth-order valence-corrected chi connectivity index (χ4v) is 2.82. The number of benzene rings is 1. The van der Waals surface area contributed by atoms with E-state index in [-0.39, 0.29) is 11.9 Å². The van der Waals surface area contributed by atoms with Gasteiger partial charge in [-0.25, -0.2) is 0 Å². The van der Waals surface area contributed by atoms with E-state index in [2.05, 4.69) is 13.0 Å². The van der Waals surface area contributed by atoms with E-state index in [1.54, 1.807) is 0 Å². The van der Waals surface area contributed by atoms with Crippen molar-refractivity contribution in [3.05, 3.63) is 35.4 Å². The lowest BCUT2D eigenvalue weighted by atomic mass is 9.80. The Morgan fingerprint density at radius 1 is 1.44 bits per heavy atom. The van der Waals surface area contributed by atoms with E-state index in [4.69, 9.17) is 4.74 Å². The van der Waals surface area contributed by atoms with Gasteiger partial charge in [0.05, 0.1) is 6.10 Å². The van der Waals surface area contributed by atoms with E-state index in [0.29, 0.717) is 0 Å². The number of aryl methyl sites for hydroxylation is 1. The Morgan fingerprint density at radius 3 is 3.06 bits per heavy atom. The Bertz CT molecular complexity index is 438. The summed E-state index contributed by atoms with van der Waals surface area (Å²) in [5, 5.41) is 0. The number of ketones is 1. The molecule has 0 radical (unpaired) electrons. The smallest absolute Gasteiger partial charge is 0.197 e. The molecular formula is C14H16O2. The van der Waals surface area contributed by atoms with Crippen molar-refractivity contribution in [2.45, 2.75) is 44.3 Å². The van der Waals surface area contributed by atoms with Gasteiger partial charge in [0, 0.05) is 5.56 Å². The molecule has 0 saturated carbocycles. The van der Waals surface area contributed by atoms with Crippen molar-refractivity contribution in [1.82, 2.24) is 0 Å². The molecule has 1 aromatic rings. The fourth-order valence-electron chi connectivity index (χ4n) is 2.82. The molecule has 1 aliphatic carbocycles. The highest BCUT2D eigenvalue weighted by molar-refractivity contribution is 6.06. The second-order valence-corrected chi connectivity index (χ2v) is 4.77. The first-order chi connectivity index (χ1) is 7.78. The van der Waals surface area contributed by atoms with Gasteiger partial charge in [-0.05, 0) is 24.8 Å². The normalized spacial score (nSPS) is 31.6. The zero-order chi connectivity index (χ0) is 11.2. The number of epoxide rings is 1. The van der Waals surface area contributed by atoms with E-state index < -0.39 is 5.60 Å². The Hall–Kier alpha value is -1.15. The zero-order valence-corrected chi connectivity index (χ0v) is 9.53. The summed E-state index contributed by atoms with van der Waals surface area (Å²) in [5.74, 6) is 0.216. The third kappa shape index (κ3) is 1.26. The van der Waals surface area contributed by atoms with Gasteiger partial charge in [-0.1, -0.05) is 37.6 Å². The molecule has 1 heterocycles. The monoisotopic (exact) mass is 216 g/mol. The van der Waals surface area contributed by atoms with Crippen LogP contribution in [0, 0.1) is 0 Å². The van der Waals surface area contributed by atoms with Crippen molar-refractivity contribution in [2.75, 3.05) is 0 Å². The minimum Gasteiger partial charge on any atom is -0.357 e. The van der Waals surface area contributed by atoms with Crippen molar-refractivity contribution in [1.29, 1.82) is 0 Å². The van der Waals surface area contributed by atoms with Gasteiger partial charge >= 0.3 is 0 Å². The van der Waals surface area contributed by atoms with Gasteiger partial charge < -0.3 is 4.74 Å². The maximum absolute atomic E-state index is 12.4. The van der Waals surface area contributed by atoms with Crippen LogP contribution in [0.5, 0.6) is 0 Å². The number of fused-ring (bicyclic) bond motifs is 1. The molecule has 2 nitrogen and oxygen atoms in total. The predicted molar refractivity (Wildman–Crippen MR) is 61.6 cm³/mol. The van der Waals surface area contributed by atoms with Crippen LogP contribution in [0.15, 0.2) is 24.3 Å². The van der Waals surface area contributed by atoms with Crippen LogP contribution in [0.4, 0.5) is 0 Å². The zero-order valence-electron chi connectivity index (χ0n) is 9.53. The van der Waals surface area contributed by atoms with Crippen LogP contribution in [0.1, 0.15) is 42.1 Å². The molecule has 0 unspecified atom stereocenters. The van der Waals surface area contributed by atoms with Crippen LogP contribution in [0.2, 0.25) is 0 Å². The topological polar surface area (TPSA) is 29.6 Å². The molecule has 1 fully saturated rings. The molecule has 2 heteroatoms. The Balaban J connectivity index is 1.91. The van der Waals surface area contributed by atoms with Crippen LogP contribution in [-0.4, -0.2) is 17.5 Å². The molecular weight excluding hydrogens is 200 g/mol. The summed E-state index contributed by atoms with van der Waals surface area (Å²) in [5.41, 5.74) is 1.63. The van der Waals surface area contributed by atoms with Gasteiger partial charge in [0.2, 0.25) is 0 Å². The third-order valence-corrected chi connectivity index (χ3v) is 3.78. The lowest BCUT2D eigenvalue weighted by Crippen LogP contribution is -2.33. The first kappa shape index (κ1) is 10.0. The molecule has 0 bridgehead atoms. The molecule has 1 aromatic carbocycles. The van der Waals surface area contributed by atoms with E-state index in [1.807, 2.05) is 18.2 Å². The molecule has 3 rings (SSSR count). The van der Waals surface area contributed by atoms with E-state index in [1.165, 1.54) is 5.56 Å². The largest absolute Gasteiger partial charge is 0.357 e. The van der Waals surface area contributed by atoms with Crippen molar-refractivity contribution in [2.24, 2.45) is 0 Å². The van der Waals surface area contributed by atoms with Gasteiger partial charge in [0.15, 0.2) is 11.4 Å². The van der Waals surface area contributed by atoms with Gasteiger partial charge in [-0.3, -0.25) is 4.79 Å². The molecule has 84 valence electrons. The highest BCUT2D eigenvalue weighted by Crippen LogP contribution is 2.48.